The maximum atomic E-state index is 14.0. The maximum absolute atomic E-state index is 14.0. The van der Waals surface area contributed by atoms with Crippen molar-refractivity contribution in [1.82, 2.24) is 0 Å². The van der Waals surface area contributed by atoms with Crippen LogP contribution < -0.4 is 10.6 Å². The molecule has 0 N–H and O–H groups in total. The zero-order chi connectivity index (χ0) is 19.6. The SMILES string of the molecule is CCCCP(=O)(CCCC)CCCP(=O)(c1ccccc1)c1ccccc1. The average Bonchev–Trinajstić information content (AvgIpc) is 2.72. The largest absolute Gasteiger partial charge is 0.324 e. The van der Waals surface area contributed by atoms with E-state index in [-0.39, 0.29) is 0 Å². The highest BCUT2D eigenvalue weighted by Gasteiger charge is 2.28. The summed E-state index contributed by atoms with van der Waals surface area (Å²) < 4.78 is 27.4. The Morgan fingerprint density at radius 2 is 1.00 bits per heavy atom. The number of rotatable bonds is 12. The van der Waals surface area contributed by atoms with Crippen LogP contribution in [0.15, 0.2) is 60.7 Å². The van der Waals surface area contributed by atoms with Gasteiger partial charge in [0.1, 0.15) is 7.14 Å². The van der Waals surface area contributed by atoms with E-state index in [1.54, 1.807) is 0 Å². The van der Waals surface area contributed by atoms with Crippen LogP contribution in [0.1, 0.15) is 46.0 Å². The van der Waals surface area contributed by atoms with E-state index in [0.717, 1.165) is 61.2 Å². The third kappa shape index (κ3) is 6.48. The van der Waals surface area contributed by atoms with Crippen LogP contribution in [0.25, 0.3) is 0 Å². The van der Waals surface area contributed by atoms with Crippen LogP contribution in [0.2, 0.25) is 0 Å². The van der Waals surface area contributed by atoms with Crippen molar-refractivity contribution in [2.45, 2.75) is 46.0 Å². The van der Waals surface area contributed by atoms with E-state index in [9.17, 15) is 9.13 Å². The molecule has 0 spiro atoms. The molecule has 2 aromatic carbocycles. The van der Waals surface area contributed by atoms with Crippen molar-refractivity contribution in [3.05, 3.63) is 60.7 Å². The summed E-state index contributed by atoms with van der Waals surface area (Å²) in [4.78, 5) is 0. The van der Waals surface area contributed by atoms with Crippen molar-refractivity contribution in [3.63, 3.8) is 0 Å². The Kier molecular flexibility index (Phi) is 9.07. The van der Waals surface area contributed by atoms with Crippen molar-refractivity contribution in [2.75, 3.05) is 24.6 Å². The van der Waals surface area contributed by atoms with Crippen molar-refractivity contribution in [2.24, 2.45) is 0 Å². The number of benzene rings is 2. The first-order chi connectivity index (χ1) is 13.0. The van der Waals surface area contributed by atoms with Gasteiger partial charge in [-0.2, -0.15) is 0 Å². The zero-order valence-electron chi connectivity index (χ0n) is 16.8. The molecular weight excluding hydrogens is 370 g/mol. The van der Waals surface area contributed by atoms with Gasteiger partial charge in [-0.25, -0.2) is 0 Å². The summed E-state index contributed by atoms with van der Waals surface area (Å²) in [5.41, 5.74) is 0. The highest BCUT2D eigenvalue weighted by atomic mass is 31.2. The van der Waals surface area contributed by atoms with E-state index in [1.165, 1.54) is 0 Å². The van der Waals surface area contributed by atoms with E-state index in [4.69, 9.17) is 0 Å². The number of unbranched alkanes of at least 4 members (excludes halogenated alkanes) is 2. The minimum absolute atomic E-state index is 0.600. The molecule has 4 heteroatoms. The molecule has 0 saturated heterocycles. The van der Waals surface area contributed by atoms with Gasteiger partial charge >= 0.3 is 0 Å². The molecule has 0 aromatic heterocycles. The number of hydrogen-bond acceptors (Lipinski definition) is 2. The molecule has 2 aromatic rings. The molecule has 0 unspecified atom stereocenters. The summed E-state index contributed by atoms with van der Waals surface area (Å²) in [6.07, 6.45) is 8.05. The van der Waals surface area contributed by atoms with Crippen LogP contribution >= 0.6 is 14.3 Å². The third-order valence-electron chi connectivity index (χ3n) is 5.22. The second-order valence-corrected chi connectivity index (χ2v) is 13.8. The van der Waals surface area contributed by atoms with Crippen LogP contribution in [0, 0.1) is 0 Å². The zero-order valence-corrected chi connectivity index (χ0v) is 18.6. The second kappa shape index (κ2) is 11.0. The Labute approximate surface area is 165 Å². The molecule has 0 heterocycles. The molecule has 0 aliphatic rings. The van der Waals surface area contributed by atoms with Crippen LogP contribution in [-0.2, 0) is 9.13 Å². The summed E-state index contributed by atoms with van der Waals surface area (Å²) in [7, 11) is -4.83. The van der Waals surface area contributed by atoms with E-state index >= 15 is 0 Å². The summed E-state index contributed by atoms with van der Waals surface area (Å²) in [6, 6.07) is 19.6. The summed E-state index contributed by atoms with van der Waals surface area (Å²) in [5, 5.41) is 1.82. The number of hydrogen-bond donors (Lipinski definition) is 0. The monoisotopic (exact) mass is 404 g/mol. The lowest BCUT2D eigenvalue weighted by atomic mass is 10.4. The lowest BCUT2D eigenvalue weighted by Gasteiger charge is -2.22. The first kappa shape index (κ1) is 22.2. The Hall–Kier alpha value is -1.10. The van der Waals surface area contributed by atoms with Crippen LogP contribution in [0.3, 0.4) is 0 Å². The van der Waals surface area contributed by atoms with E-state index < -0.39 is 14.3 Å². The lowest BCUT2D eigenvalue weighted by molar-refractivity contribution is 0.568. The van der Waals surface area contributed by atoms with E-state index in [0.29, 0.717) is 6.16 Å². The Morgan fingerprint density at radius 1 is 0.593 bits per heavy atom. The first-order valence-corrected chi connectivity index (χ1v) is 14.5. The Bertz CT molecular complexity index is 701. The van der Waals surface area contributed by atoms with Crippen molar-refractivity contribution in [3.8, 4) is 0 Å². The highest BCUT2D eigenvalue weighted by Crippen LogP contribution is 2.50. The van der Waals surface area contributed by atoms with Gasteiger partial charge in [-0.15, -0.1) is 0 Å². The van der Waals surface area contributed by atoms with E-state index in [1.807, 2.05) is 60.7 Å². The molecule has 27 heavy (non-hydrogen) atoms. The fourth-order valence-electron chi connectivity index (χ4n) is 3.55. The van der Waals surface area contributed by atoms with Gasteiger partial charge in [0.15, 0.2) is 0 Å². The first-order valence-electron chi connectivity index (χ1n) is 10.3. The van der Waals surface area contributed by atoms with Crippen molar-refractivity contribution < 1.29 is 9.13 Å². The minimum atomic E-state index is -2.68. The average molecular weight is 404 g/mol. The molecule has 0 saturated carbocycles. The fourth-order valence-corrected chi connectivity index (χ4v) is 9.72. The summed E-state index contributed by atoms with van der Waals surface area (Å²) in [5.74, 6) is 0. The molecule has 0 bridgehead atoms. The van der Waals surface area contributed by atoms with Gasteiger partial charge in [-0.1, -0.05) is 87.4 Å². The predicted octanol–water partition coefficient (Wildman–Crippen LogP) is 6.35. The maximum Gasteiger partial charge on any atom is 0.143 e. The topological polar surface area (TPSA) is 34.1 Å². The van der Waals surface area contributed by atoms with Crippen molar-refractivity contribution in [1.29, 1.82) is 0 Å². The quantitative estimate of drug-likeness (QED) is 0.386. The van der Waals surface area contributed by atoms with Gasteiger partial charge < -0.3 is 9.13 Å². The Balaban J connectivity index is 2.17. The minimum Gasteiger partial charge on any atom is -0.324 e. The molecule has 0 atom stereocenters. The Morgan fingerprint density at radius 3 is 1.41 bits per heavy atom. The van der Waals surface area contributed by atoms with Gasteiger partial charge in [0.25, 0.3) is 0 Å². The summed E-state index contributed by atoms with van der Waals surface area (Å²) in [6.45, 7) is 4.31. The lowest BCUT2D eigenvalue weighted by Crippen LogP contribution is -2.19. The van der Waals surface area contributed by atoms with Gasteiger partial charge in [0, 0.05) is 35.3 Å². The van der Waals surface area contributed by atoms with Crippen LogP contribution in [0.4, 0.5) is 0 Å². The fraction of sp³-hybridized carbons (Fsp3) is 0.478. The highest BCUT2D eigenvalue weighted by molar-refractivity contribution is 7.78. The van der Waals surface area contributed by atoms with Gasteiger partial charge in [-0.05, 0) is 19.3 Å². The molecule has 0 radical (unpaired) electrons. The molecule has 0 aliphatic carbocycles. The van der Waals surface area contributed by atoms with Gasteiger partial charge in [-0.3, -0.25) is 0 Å². The molecule has 2 rings (SSSR count). The van der Waals surface area contributed by atoms with Crippen molar-refractivity contribution >= 4 is 24.9 Å². The summed E-state index contributed by atoms with van der Waals surface area (Å²) >= 11 is 0. The smallest absolute Gasteiger partial charge is 0.143 e. The molecule has 0 aliphatic heterocycles. The van der Waals surface area contributed by atoms with E-state index in [2.05, 4.69) is 13.8 Å². The third-order valence-corrected chi connectivity index (χ3v) is 11.8. The molecular formula is C23H34O2P2. The van der Waals surface area contributed by atoms with Gasteiger partial charge in [0.05, 0.1) is 7.14 Å². The molecule has 148 valence electrons. The molecule has 0 fully saturated rings. The van der Waals surface area contributed by atoms with Gasteiger partial charge in [0.2, 0.25) is 0 Å². The molecule has 2 nitrogen and oxygen atoms in total. The normalized spacial score (nSPS) is 12.2. The standard InChI is InChI=1S/C23H34O2P2/c1-3-5-18-26(24,19-6-4-2)20-13-21-27(25,22-14-9-7-10-15-22)23-16-11-8-12-17-23/h7-12,14-17H,3-6,13,18-21H2,1-2H3. The molecule has 0 amide bonds. The van der Waals surface area contributed by atoms with Crippen LogP contribution in [-0.4, -0.2) is 24.6 Å². The predicted molar refractivity (Wildman–Crippen MR) is 121 cm³/mol. The van der Waals surface area contributed by atoms with Crippen LogP contribution in [0.5, 0.6) is 0 Å². The second-order valence-electron chi connectivity index (χ2n) is 7.42.